The molecule has 0 radical (unpaired) electrons. The first-order valence-electron chi connectivity index (χ1n) is 12.0. The number of aliphatic hydroxyl groups excluding tert-OH is 7. The predicted molar refractivity (Wildman–Crippen MR) is 112 cm³/mol. The van der Waals surface area contributed by atoms with E-state index in [0.717, 1.165) is 0 Å². The fraction of sp³-hybridized carbons (Fsp3) is 1.00. The molecule has 4 rings (SSSR count). The maximum atomic E-state index is 10.6. The lowest BCUT2D eigenvalue weighted by Gasteiger charge is -2.48. The van der Waals surface area contributed by atoms with E-state index in [2.05, 4.69) is 0 Å². The smallest absolute Gasteiger partial charge is 0.187 e. The first-order valence-corrected chi connectivity index (χ1v) is 12.0. The minimum Gasteiger partial charge on any atom is -0.427 e. The quantitative estimate of drug-likeness (QED) is 0.203. The topological polar surface area (TPSA) is 182 Å². The Kier molecular flexibility index (Phi) is 8.29. The summed E-state index contributed by atoms with van der Waals surface area (Å²) in [4.78, 5) is 0. The molecule has 0 aromatic heterocycles. The van der Waals surface area contributed by atoms with Gasteiger partial charge in [0, 0.05) is 25.9 Å². The first kappa shape index (κ1) is 25.6. The lowest BCUT2D eigenvalue weighted by Crippen LogP contribution is -2.63. The second-order valence-corrected chi connectivity index (χ2v) is 10.1. The number of rotatable bonds is 5. The van der Waals surface area contributed by atoms with Gasteiger partial charge in [0.1, 0.15) is 30.5 Å². The second-order valence-electron chi connectivity index (χ2n) is 10.1. The number of hydrogen-bond donors (Lipinski definition) is 7. The lowest BCUT2D eigenvalue weighted by atomic mass is 9.72. The van der Waals surface area contributed by atoms with Crippen molar-refractivity contribution < 1.29 is 54.7 Å². The Balaban J connectivity index is 1.54. The number of hydrogen-bond acceptors (Lipinski definition) is 10. The molecule has 0 aromatic carbocycles. The zero-order valence-electron chi connectivity index (χ0n) is 18.8. The van der Waals surface area contributed by atoms with Gasteiger partial charge in [-0.25, -0.2) is 0 Å². The molecule has 4 fully saturated rings. The average Bonchev–Trinajstić information content (AvgIpc) is 2.79. The van der Waals surface area contributed by atoms with Gasteiger partial charge in [-0.1, -0.05) is 0 Å². The number of methoxy groups -OCH3 is 1. The third kappa shape index (κ3) is 5.24. The van der Waals surface area contributed by atoms with Gasteiger partial charge in [-0.3, -0.25) is 0 Å². The largest absolute Gasteiger partial charge is 0.427 e. The van der Waals surface area contributed by atoms with E-state index in [-0.39, 0.29) is 36.6 Å². The van der Waals surface area contributed by atoms with E-state index in [1.807, 2.05) is 0 Å². The van der Waals surface area contributed by atoms with Crippen molar-refractivity contribution in [2.24, 2.45) is 11.8 Å². The van der Waals surface area contributed by atoms with Crippen molar-refractivity contribution in [3.05, 3.63) is 0 Å². The molecule has 0 aromatic rings. The SMILES string of the molecule is COC1CC(C2[OH+]C3CC(O)CC(O)C3CC2O[C@H]2O[C@H](CO)[C@H](O)[C@H](O)[C@H]2O)CCC1O. The van der Waals surface area contributed by atoms with Crippen LogP contribution in [0, 0.1) is 11.8 Å². The summed E-state index contributed by atoms with van der Waals surface area (Å²) < 4.78 is 22.2. The Morgan fingerprint density at radius 1 is 0.848 bits per heavy atom. The Morgan fingerprint density at radius 2 is 1.61 bits per heavy atom. The molecule has 0 spiro atoms. The van der Waals surface area contributed by atoms with E-state index in [4.69, 9.17) is 18.9 Å². The highest BCUT2D eigenvalue weighted by atomic mass is 16.7. The second kappa shape index (κ2) is 10.7. The van der Waals surface area contributed by atoms with Crippen LogP contribution >= 0.6 is 0 Å². The van der Waals surface area contributed by atoms with Gasteiger partial charge in [-0.15, -0.1) is 0 Å². The van der Waals surface area contributed by atoms with Gasteiger partial charge in [0.2, 0.25) is 0 Å². The number of aliphatic hydroxyl groups is 9. The molecule has 14 atom stereocenters. The minimum atomic E-state index is -1.55. The van der Waals surface area contributed by atoms with Gasteiger partial charge in [0.15, 0.2) is 18.5 Å². The molecular weight excluding hydrogens is 440 g/mol. The van der Waals surface area contributed by atoms with Crippen LogP contribution in [0.4, 0.5) is 0 Å². The highest BCUT2D eigenvalue weighted by Crippen LogP contribution is 2.42. The minimum absolute atomic E-state index is 0.00500. The van der Waals surface area contributed by atoms with E-state index in [0.29, 0.717) is 32.1 Å². The highest BCUT2D eigenvalue weighted by Gasteiger charge is 2.54. The fourth-order valence-electron chi connectivity index (χ4n) is 6.09. The summed E-state index contributed by atoms with van der Waals surface area (Å²) in [6.45, 7) is -0.555. The van der Waals surface area contributed by atoms with Gasteiger partial charge in [0.05, 0.1) is 36.9 Å². The summed E-state index contributed by atoms with van der Waals surface area (Å²) in [5.41, 5.74) is 0. The van der Waals surface area contributed by atoms with Crippen LogP contribution in [-0.2, 0) is 14.2 Å². The van der Waals surface area contributed by atoms with E-state index < -0.39 is 61.7 Å². The Bertz CT molecular complexity index is 635. The Morgan fingerprint density at radius 3 is 2.30 bits per heavy atom. The summed E-state index contributed by atoms with van der Waals surface area (Å²) in [5, 5.41) is 71.2. The van der Waals surface area contributed by atoms with E-state index >= 15 is 0 Å². The van der Waals surface area contributed by atoms with E-state index in [1.54, 1.807) is 7.11 Å². The average molecular weight is 480 g/mol. The first-order chi connectivity index (χ1) is 15.7. The molecule has 2 saturated carbocycles. The summed E-state index contributed by atoms with van der Waals surface area (Å²) >= 11 is 0. The molecule has 8 N–H and O–H groups in total. The molecule has 4 aliphatic rings. The fourth-order valence-corrected chi connectivity index (χ4v) is 6.09. The summed E-state index contributed by atoms with van der Waals surface area (Å²) in [6.07, 6.45) is -7.48. The van der Waals surface area contributed by atoms with Crippen molar-refractivity contribution in [2.75, 3.05) is 13.7 Å². The van der Waals surface area contributed by atoms with Crippen LogP contribution in [0.25, 0.3) is 0 Å². The standard InChI is InChI=1S/C22H38O11/c1-30-15-4-9(2-3-12(15)25)21-16(7-11-13(26)5-10(24)6-14(11)31-21)32-22-20(29)19(28)18(27)17(8-23)33-22/h9-29H,2-8H2,1H3/p+1/t9?,10?,11?,12?,13?,14?,15?,16?,17-,18+,19+,20-,21?,22+/m1/s1. The maximum absolute atomic E-state index is 10.6. The molecule has 192 valence electrons. The molecule has 11 heteroatoms. The molecule has 2 aliphatic carbocycles. The predicted octanol–water partition coefficient (Wildman–Crippen LogP) is -2.85. The van der Waals surface area contributed by atoms with Crippen LogP contribution in [-0.4, -0.2) is 128 Å². The van der Waals surface area contributed by atoms with Crippen LogP contribution in [0.1, 0.15) is 38.5 Å². The summed E-state index contributed by atoms with van der Waals surface area (Å²) in [7, 11) is 1.56. The monoisotopic (exact) mass is 479 g/mol. The molecule has 0 amide bonds. The van der Waals surface area contributed by atoms with Gasteiger partial charge >= 0.3 is 0 Å². The summed E-state index contributed by atoms with van der Waals surface area (Å²) in [6, 6.07) is 0. The third-order valence-electron chi connectivity index (χ3n) is 8.01. The molecule has 2 heterocycles. The number of fused-ring (bicyclic) bond motifs is 1. The van der Waals surface area contributed by atoms with Crippen molar-refractivity contribution in [2.45, 2.75) is 112 Å². The number of ether oxygens (including phenoxy) is 4. The molecule has 2 saturated heterocycles. The molecule has 11 nitrogen and oxygen atoms in total. The lowest BCUT2D eigenvalue weighted by molar-refractivity contribution is -0.356. The third-order valence-corrected chi connectivity index (χ3v) is 8.01. The Hall–Kier alpha value is -0.440. The van der Waals surface area contributed by atoms with Gasteiger partial charge < -0.3 is 54.7 Å². The molecular formula is C22H39O11+. The zero-order chi connectivity index (χ0) is 23.9. The van der Waals surface area contributed by atoms with Crippen molar-refractivity contribution in [3.8, 4) is 0 Å². The van der Waals surface area contributed by atoms with Gasteiger partial charge in [-0.2, -0.15) is 0 Å². The van der Waals surface area contributed by atoms with Crippen molar-refractivity contribution >= 4 is 0 Å². The van der Waals surface area contributed by atoms with Crippen LogP contribution in [0.3, 0.4) is 0 Å². The van der Waals surface area contributed by atoms with Crippen LogP contribution in [0.5, 0.6) is 0 Å². The van der Waals surface area contributed by atoms with Crippen LogP contribution in [0.2, 0.25) is 0 Å². The molecule has 0 bridgehead atoms. The zero-order valence-corrected chi connectivity index (χ0v) is 18.8. The van der Waals surface area contributed by atoms with E-state index in [1.165, 1.54) is 0 Å². The normalized spacial score (nSPS) is 53.5. The van der Waals surface area contributed by atoms with Crippen LogP contribution in [0.15, 0.2) is 0 Å². The Labute approximate surface area is 192 Å². The molecule has 2 aliphatic heterocycles. The highest BCUT2D eigenvalue weighted by molar-refractivity contribution is 4.98. The van der Waals surface area contributed by atoms with Crippen molar-refractivity contribution in [3.63, 3.8) is 0 Å². The van der Waals surface area contributed by atoms with Crippen molar-refractivity contribution in [1.29, 1.82) is 0 Å². The van der Waals surface area contributed by atoms with Gasteiger partial charge in [-0.05, 0) is 25.7 Å². The van der Waals surface area contributed by atoms with E-state index in [9.17, 15) is 35.7 Å². The maximum Gasteiger partial charge on any atom is 0.187 e. The van der Waals surface area contributed by atoms with Crippen molar-refractivity contribution in [1.82, 2.24) is 0 Å². The molecule has 9 unspecified atom stereocenters. The molecule has 33 heavy (non-hydrogen) atoms. The van der Waals surface area contributed by atoms with Gasteiger partial charge in [0.25, 0.3) is 0 Å². The van der Waals surface area contributed by atoms with Crippen LogP contribution < -0.4 is 0 Å². The summed E-state index contributed by atoms with van der Waals surface area (Å²) in [5.74, 6) is -0.225.